The minimum absolute atomic E-state index is 0.0971. The second kappa shape index (κ2) is 6.64. The first-order valence-electron chi connectivity index (χ1n) is 8.44. The van der Waals surface area contributed by atoms with Crippen molar-refractivity contribution in [3.05, 3.63) is 47.0 Å². The summed E-state index contributed by atoms with van der Waals surface area (Å²) in [4.78, 5) is 32.3. The second-order valence-corrected chi connectivity index (χ2v) is 6.43. The van der Waals surface area contributed by atoms with Crippen LogP contribution in [0.4, 0.5) is 0 Å². The van der Waals surface area contributed by atoms with Crippen LogP contribution < -0.4 is 5.32 Å². The number of fused-ring (bicyclic) bond motifs is 1. The van der Waals surface area contributed by atoms with Crippen LogP contribution in [-0.4, -0.2) is 63.0 Å². The number of pyridine rings is 1. The smallest absolute Gasteiger partial charge is 0.275 e. The Morgan fingerprint density at radius 2 is 2.20 bits per heavy atom. The highest BCUT2D eigenvalue weighted by molar-refractivity contribution is 5.96. The van der Waals surface area contributed by atoms with Gasteiger partial charge in [-0.2, -0.15) is 5.10 Å². The summed E-state index contributed by atoms with van der Waals surface area (Å²) in [6, 6.07) is 3.98. The van der Waals surface area contributed by atoms with Crippen LogP contribution in [0.25, 0.3) is 0 Å². The van der Waals surface area contributed by atoms with Crippen molar-refractivity contribution in [3.8, 4) is 0 Å². The van der Waals surface area contributed by atoms with Gasteiger partial charge in [0.15, 0.2) is 5.69 Å². The number of piperazine rings is 1. The lowest BCUT2D eigenvalue weighted by Gasteiger charge is -2.29. The van der Waals surface area contributed by atoms with E-state index < -0.39 is 0 Å². The van der Waals surface area contributed by atoms with Gasteiger partial charge >= 0.3 is 0 Å². The molecule has 2 aliphatic rings. The summed E-state index contributed by atoms with van der Waals surface area (Å²) in [5, 5.41) is 9.99. The molecular weight excluding hydrogens is 320 g/mol. The van der Waals surface area contributed by atoms with Gasteiger partial charge in [-0.3, -0.25) is 24.6 Å². The van der Waals surface area contributed by atoms with Crippen molar-refractivity contribution >= 4 is 11.8 Å². The predicted octanol–water partition coefficient (Wildman–Crippen LogP) is -0.0650. The van der Waals surface area contributed by atoms with Crippen LogP contribution in [0.2, 0.25) is 0 Å². The van der Waals surface area contributed by atoms with Crippen LogP contribution in [0.1, 0.15) is 27.3 Å². The first kappa shape index (κ1) is 15.8. The second-order valence-electron chi connectivity index (χ2n) is 6.43. The summed E-state index contributed by atoms with van der Waals surface area (Å²) < 4.78 is 0. The van der Waals surface area contributed by atoms with E-state index in [-0.39, 0.29) is 18.4 Å². The summed E-state index contributed by atoms with van der Waals surface area (Å²) in [7, 11) is 0. The largest absolute Gasteiger partial charge is 0.353 e. The van der Waals surface area contributed by atoms with Gasteiger partial charge in [-0.25, -0.2) is 0 Å². The lowest BCUT2D eigenvalue weighted by Crippen LogP contribution is -2.50. The minimum atomic E-state index is -0.171. The van der Waals surface area contributed by atoms with E-state index in [1.807, 2.05) is 12.3 Å². The number of amides is 2. The maximum Gasteiger partial charge on any atom is 0.275 e. The van der Waals surface area contributed by atoms with E-state index >= 15 is 0 Å². The van der Waals surface area contributed by atoms with E-state index in [0.717, 1.165) is 36.3 Å². The molecule has 1 saturated heterocycles. The number of carbonyl (C=O) groups excluding carboxylic acids is 2. The fraction of sp³-hybridized carbons (Fsp3) is 0.412. The number of aromatic nitrogens is 3. The molecule has 0 atom stereocenters. The third-order valence-corrected chi connectivity index (χ3v) is 4.67. The maximum atomic E-state index is 12.8. The highest BCUT2D eigenvalue weighted by Gasteiger charge is 2.30. The molecule has 1 fully saturated rings. The van der Waals surface area contributed by atoms with Gasteiger partial charge < -0.3 is 10.2 Å². The predicted molar refractivity (Wildman–Crippen MR) is 89.6 cm³/mol. The van der Waals surface area contributed by atoms with Crippen molar-refractivity contribution in [3.63, 3.8) is 0 Å². The number of nitrogens with zero attached hydrogens (tertiary/aromatic N) is 4. The SMILES string of the molecule is O=C1CN(C(=O)c2n[nH]c3c2CN(Cc2cccnc2)CC3)CCN1. The normalized spacial score (nSPS) is 17.9. The molecule has 2 aliphatic heterocycles. The van der Waals surface area contributed by atoms with Crippen molar-refractivity contribution in [2.24, 2.45) is 0 Å². The summed E-state index contributed by atoms with van der Waals surface area (Å²) in [6.45, 7) is 3.47. The molecule has 0 radical (unpaired) electrons. The molecule has 2 amide bonds. The Morgan fingerprint density at radius 1 is 1.28 bits per heavy atom. The standard InChI is InChI=1S/C17H20N6O2/c24-15-11-23(7-5-19-15)17(25)16-13-10-22(6-3-14(13)20-21-16)9-12-2-1-4-18-8-12/h1-2,4,8H,3,5-7,9-11H2,(H,19,24)(H,20,21). The summed E-state index contributed by atoms with van der Waals surface area (Å²) >= 11 is 0. The Morgan fingerprint density at radius 3 is 3.00 bits per heavy atom. The molecule has 2 N–H and O–H groups in total. The van der Waals surface area contributed by atoms with Crippen molar-refractivity contribution in [2.75, 3.05) is 26.2 Å². The summed E-state index contributed by atoms with van der Waals surface area (Å²) in [5.74, 6) is -0.294. The Kier molecular flexibility index (Phi) is 4.19. The highest BCUT2D eigenvalue weighted by atomic mass is 16.2. The third kappa shape index (κ3) is 3.25. The lowest BCUT2D eigenvalue weighted by atomic mass is 10.0. The molecule has 4 heterocycles. The molecule has 8 heteroatoms. The maximum absolute atomic E-state index is 12.8. The first-order valence-corrected chi connectivity index (χ1v) is 8.44. The summed E-state index contributed by atoms with van der Waals surface area (Å²) in [6.07, 6.45) is 4.46. The molecule has 25 heavy (non-hydrogen) atoms. The van der Waals surface area contributed by atoms with Crippen LogP contribution in [0, 0.1) is 0 Å². The molecule has 8 nitrogen and oxygen atoms in total. The fourth-order valence-electron chi connectivity index (χ4n) is 3.37. The molecule has 130 valence electrons. The number of nitrogens with one attached hydrogen (secondary N) is 2. The Bertz CT molecular complexity index is 788. The Labute approximate surface area is 145 Å². The molecule has 2 aromatic heterocycles. The molecule has 2 aromatic rings. The molecule has 0 spiro atoms. The molecular formula is C17H20N6O2. The number of rotatable bonds is 3. The topological polar surface area (TPSA) is 94.2 Å². The van der Waals surface area contributed by atoms with E-state index in [2.05, 4.69) is 31.5 Å². The van der Waals surface area contributed by atoms with Crippen molar-refractivity contribution in [2.45, 2.75) is 19.5 Å². The van der Waals surface area contributed by atoms with Gasteiger partial charge in [-0.1, -0.05) is 6.07 Å². The van der Waals surface area contributed by atoms with Gasteiger partial charge in [0, 0.05) is 62.8 Å². The van der Waals surface area contributed by atoms with E-state index in [4.69, 9.17) is 0 Å². The number of H-pyrrole nitrogens is 1. The van der Waals surface area contributed by atoms with Crippen molar-refractivity contribution in [1.82, 2.24) is 30.3 Å². The third-order valence-electron chi connectivity index (χ3n) is 4.67. The number of hydrogen-bond acceptors (Lipinski definition) is 5. The highest BCUT2D eigenvalue weighted by Crippen LogP contribution is 2.23. The van der Waals surface area contributed by atoms with Gasteiger partial charge in [0.2, 0.25) is 5.91 Å². The quantitative estimate of drug-likeness (QED) is 0.816. The van der Waals surface area contributed by atoms with E-state index in [0.29, 0.717) is 25.3 Å². The van der Waals surface area contributed by atoms with Gasteiger partial charge in [0.1, 0.15) is 0 Å². The van der Waals surface area contributed by atoms with Crippen LogP contribution in [0.3, 0.4) is 0 Å². The number of hydrogen-bond donors (Lipinski definition) is 2. The van der Waals surface area contributed by atoms with Crippen molar-refractivity contribution < 1.29 is 9.59 Å². The minimum Gasteiger partial charge on any atom is -0.353 e. The lowest BCUT2D eigenvalue weighted by molar-refractivity contribution is -0.123. The first-order chi connectivity index (χ1) is 12.2. The monoisotopic (exact) mass is 340 g/mol. The van der Waals surface area contributed by atoms with Crippen LogP contribution in [0.5, 0.6) is 0 Å². The average Bonchev–Trinajstić information content (AvgIpc) is 3.05. The van der Waals surface area contributed by atoms with Crippen LogP contribution in [-0.2, 0) is 24.3 Å². The van der Waals surface area contributed by atoms with E-state index in [1.165, 1.54) is 0 Å². The fourth-order valence-corrected chi connectivity index (χ4v) is 3.37. The zero-order valence-electron chi connectivity index (χ0n) is 13.9. The molecule has 0 unspecified atom stereocenters. The van der Waals surface area contributed by atoms with Crippen LogP contribution in [0.15, 0.2) is 24.5 Å². The van der Waals surface area contributed by atoms with Gasteiger partial charge in [0.05, 0.1) is 6.54 Å². The molecule has 0 aliphatic carbocycles. The molecule has 4 rings (SSSR count). The summed E-state index contributed by atoms with van der Waals surface area (Å²) in [5.41, 5.74) is 3.56. The zero-order chi connectivity index (χ0) is 17.2. The van der Waals surface area contributed by atoms with E-state index in [1.54, 1.807) is 11.1 Å². The Balaban J connectivity index is 1.51. The number of aromatic amines is 1. The average molecular weight is 340 g/mol. The van der Waals surface area contributed by atoms with Crippen molar-refractivity contribution in [1.29, 1.82) is 0 Å². The van der Waals surface area contributed by atoms with Crippen LogP contribution >= 0.6 is 0 Å². The molecule has 0 bridgehead atoms. The van der Waals surface area contributed by atoms with Gasteiger partial charge in [0.25, 0.3) is 5.91 Å². The number of carbonyl (C=O) groups is 2. The van der Waals surface area contributed by atoms with E-state index in [9.17, 15) is 9.59 Å². The molecule has 0 saturated carbocycles. The van der Waals surface area contributed by atoms with Gasteiger partial charge in [-0.05, 0) is 11.6 Å². The zero-order valence-corrected chi connectivity index (χ0v) is 13.9. The van der Waals surface area contributed by atoms with Gasteiger partial charge in [-0.15, -0.1) is 0 Å². The Hall–Kier alpha value is -2.74. The molecule has 0 aromatic carbocycles.